The molecule has 114 valence electrons. The van der Waals surface area contributed by atoms with E-state index in [2.05, 4.69) is 46.9 Å². The van der Waals surface area contributed by atoms with E-state index in [9.17, 15) is 0 Å². The lowest BCUT2D eigenvalue weighted by Gasteiger charge is -2.42. The second-order valence-electron chi connectivity index (χ2n) is 8.26. The van der Waals surface area contributed by atoms with Gasteiger partial charge in [-0.3, -0.25) is 0 Å². The average molecular weight is 268 g/mol. The Morgan fingerprint density at radius 1 is 1.00 bits per heavy atom. The van der Waals surface area contributed by atoms with Gasteiger partial charge in [0.1, 0.15) is 0 Å². The van der Waals surface area contributed by atoms with E-state index in [1.165, 1.54) is 44.9 Å². The average Bonchev–Trinajstić information content (AvgIpc) is 2.27. The van der Waals surface area contributed by atoms with E-state index in [4.69, 9.17) is 0 Å². The first-order valence-electron chi connectivity index (χ1n) is 8.56. The fraction of sp³-hybridized carbons (Fsp3) is 1.00. The maximum absolute atomic E-state index is 3.95. The van der Waals surface area contributed by atoms with Gasteiger partial charge in [0.05, 0.1) is 0 Å². The van der Waals surface area contributed by atoms with Gasteiger partial charge in [0.15, 0.2) is 0 Å². The molecule has 0 spiro atoms. The van der Waals surface area contributed by atoms with Crippen molar-refractivity contribution in [3.05, 3.63) is 0 Å². The molecule has 0 heterocycles. The quantitative estimate of drug-likeness (QED) is 0.680. The number of nitrogens with one attached hydrogen (secondary N) is 1. The predicted molar refractivity (Wildman–Crippen MR) is 86.5 cm³/mol. The molecule has 0 saturated heterocycles. The molecule has 0 aromatic rings. The summed E-state index contributed by atoms with van der Waals surface area (Å²) in [5.41, 5.74) is 0.454. The molecular formula is C18H37N. The fourth-order valence-electron chi connectivity index (χ4n) is 3.65. The van der Waals surface area contributed by atoms with Crippen molar-refractivity contribution in [1.29, 1.82) is 0 Å². The molecular weight excluding hydrogens is 230 g/mol. The number of rotatable bonds is 6. The molecule has 0 amide bonds. The lowest BCUT2D eigenvalue weighted by molar-refractivity contribution is 0.123. The Bertz CT molecular complexity index is 239. The summed E-state index contributed by atoms with van der Waals surface area (Å²) in [6, 6.07) is 1.44. The third-order valence-corrected chi connectivity index (χ3v) is 4.80. The van der Waals surface area contributed by atoms with Gasteiger partial charge in [-0.15, -0.1) is 0 Å². The van der Waals surface area contributed by atoms with Crippen LogP contribution in [0.3, 0.4) is 0 Å². The Morgan fingerprint density at radius 2 is 1.63 bits per heavy atom. The molecule has 1 aliphatic carbocycles. The minimum atomic E-state index is 0.454. The SMILES string of the molecule is CC(C)CCCC(C)NC1CCCCC1C(C)(C)C. The predicted octanol–water partition coefficient (Wildman–Crippen LogP) is 5.40. The third kappa shape index (κ3) is 6.29. The minimum absolute atomic E-state index is 0.454. The maximum Gasteiger partial charge on any atom is 0.0103 e. The van der Waals surface area contributed by atoms with E-state index in [0.717, 1.165) is 17.9 Å². The second kappa shape index (κ2) is 7.67. The first-order valence-corrected chi connectivity index (χ1v) is 8.56. The Balaban J connectivity index is 2.39. The second-order valence-corrected chi connectivity index (χ2v) is 8.26. The molecule has 1 heteroatoms. The molecule has 0 aromatic carbocycles. The zero-order chi connectivity index (χ0) is 14.5. The highest BCUT2D eigenvalue weighted by Gasteiger charge is 2.34. The van der Waals surface area contributed by atoms with E-state index < -0.39 is 0 Å². The van der Waals surface area contributed by atoms with E-state index in [0.29, 0.717) is 11.5 Å². The number of hydrogen-bond donors (Lipinski definition) is 1. The van der Waals surface area contributed by atoms with Crippen LogP contribution in [-0.2, 0) is 0 Å². The molecule has 1 fully saturated rings. The van der Waals surface area contributed by atoms with Gasteiger partial charge in [-0.2, -0.15) is 0 Å². The summed E-state index contributed by atoms with van der Waals surface area (Å²) in [4.78, 5) is 0. The molecule has 0 aromatic heterocycles. The molecule has 1 rings (SSSR count). The molecule has 3 unspecified atom stereocenters. The molecule has 3 atom stereocenters. The van der Waals surface area contributed by atoms with Crippen molar-refractivity contribution in [1.82, 2.24) is 5.32 Å². The molecule has 1 N–H and O–H groups in total. The highest BCUT2D eigenvalue weighted by Crippen LogP contribution is 2.38. The lowest BCUT2D eigenvalue weighted by atomic mass is 9.69. The smallest absolute Gasteiger partial charge is 0.0103 e. The highest BCUT2D eigenvalue weighted by molar-refractivity contribution is 4.89. The van der Waals surface area contributed by atoms with Crippen molar-refractivity contribution in [3.63, 3.8) is 0 Å². The van der Waals surface area contributed by atoms with Gasteiger partial charge in [0, 0.05) is 12.1 Å². The normalized spacial score (nSPS) is 26.7. The van der Waals surface area contributed by atoms with Gasteiger partial charge in [0.25, 0.3) is 0 Å². The Labute approximate surface area is 121 Å². The maximum atomic E-state index is 3.95. The minimum Gasteiger partial charge on any atom is -0.311 e. The van der Waals surface area contributed by atoms with Gasteiger partial charge >= 0.3 is 0 Å². The van der Waals surface area contributed by atoms with Crippen LogP contribution >= 0.6 is 0 Å². The van der Waals surface area contributed by atoms with Crippen LogP contribution in [0.15, 0.2) is 0 Å². The van der Waals surface area contributed by atoms with Crippen LogP contribution in [0.5, 0.6) is 0 Å². The van der Waals surface area contributed by atoms with Gasteiger partial charge in [0.2, 0.25) is 0 Å². The van der Waals surface area contributed by atoms with Crippen molar-refractivity contribution in [2.24, 2.45) is 17.3 Å². The van der Waals surface area contributed by atoms with Crippen molar-refractivity contribution in [3.8, 4) is 0 Å². The fourth-order valence-corrected chi connectivity index (χ4v) is 3.65. The largest absolute Gasteiger partial charge is 0.311 e. The van der Waals surface area contributed by atoms with Crippen LogP contribution in [-0.4, -0.2) is 12.1 Å². The Hall–Kier alpha value is -0.0400. The van der Waals surface area contributed by atoms with Crippen LogP contribution < -0.4 is 5.32 Å². The van der Waals surface area contributed by atoms with Crippen molar-refractivity contribution < 1.29 is 0 Å². The van der Waals surface area contributed by atoms with Crippen LogP contribution in [0, 0.1) is 17.3 Å². The summed E-state index contributed by atoms with van der Waals surface area (Å²) in [6.07, 6.45) is 9.74. The first-order chi connectivity index (χ1) is 8.80. The summed E-state index contributed by atoms with van der Waals surface area (Å²) in [7, 11) is 0. The zero-order valence-corrected chi connectivity index (χ0v) is 14.3. The first kappa shape index (κ1) is 17.0. The molecule has 0 bridgehead atoms. The lowest BCUT2D eigenvalue weighted by Crippen LogP contribution is -2.47. The van der Waals surface area contributed by atoms with Gasteiger partial charge in [-0.25, -0.2) is 0 Å². The molecule has 1 aliphatic rings. The van der Waals surface area contributed by atoms with E-state index in [-0.39, 0.29) is 0 Å². The third-order valence-electron chi connectivity index (χ3n) is 4.80. The van der Waals surface area contributed by atoms with Gasteiger partial charge < -0.3 is 5.32 Å². The van der Waals surface area contributed by atoms with Gasteiger partial charge in [-0.05, 0) is 43.4 Å². The van der Waals surface area contributed by atoms with Gasteiger partial charge in [-0.1, -0.05) is 60.3 Å². The summed E-state index contributed by atoms with van der Waals surface area (Å²) < 4.78 is 0. The Kier molecular flexibility index (Phi) is 6.86. The monoisotopic (exact) mass is 267 g/mol. The number of hydrogen-bond acceptors (Lipinski definition) is 1. The summed E-state index contributed by atoms with van der Waals surface area (Å²) in [6.45, 7) is 14.3. The molecule has 19 heavy (non-hydrogen) atoms. The van der Waals surface area contributed by atoms with E-state index in [1.807, 2.05) is 0 Å². The van der Waals surface area contributed by atoms with E-state index >= 15 is 0 Å². The standard InChI is InChI=1S/C18H37N/c1-14(2)10-9-11-15(3)19-17-13-8-7-12-16(17)18(4,5)6/h14-17,19H,7-13H2,1-6H3. The van der Waals surface area contributed by atoms with Crippen molar-refractivity contribution >= 4 is 0 Å². The molecule has 1 saturated carbocycles. The van der Waals surface area contributed by atoms with E-state index in [1.54, 1.807) is 0 Å². The van der Waals surface area contributed by atoms with Crippen molar-refractivity contribution in [2.45, 2.75) is 98.6 Å². The summed E-state index contributed by atoms with van der Waals surface area (Å²) in [5.74, 6) is 1.71. The van der Waals surface area contributed by atoms with Crippen LogP contribution in [0.2, 0.25) is 0 Å². The Morgan fingerprint density at radius 3 is 2.21 bits per heavy atom. The topological polar surface area (TPSA) is 12.0 Å². The molecule has 1 nitrogen and oxygen atoms in total. The summed E-state index contributed by atoms with van der Waals surface area (Å²) >= 11 is 0. The van der Waals surface area contributed by atoms with Crippen LogP contribution in [0.25, 0.3) is 0 Å². The summed E-state index contributed by atoms with van der Waals surface area (Å²) in [5, 5.41) is 3.95. The van der Waals surface area contributed by atoms with Crippen LogP contribution in [0.1, 0.15) is 86.5 Å². The van der Waals surface area contributed by atoms with Crippen molar-refractivity contribution in [2.75, 3.05) is 0 Å². The highest BCUT2D eigenvalue weighted by atomic mass is 15.0. The van der Waals surface area contributed by atoms with Crippen LogP contribution in [0.4, 0.5) is 0 Å². The zero-order valence-electron chi connectivity index (χ0n) is 14.3. The molecule has 0 radical (unpaired) electrons. The molecule has 0 aliphatic heterocycles.